The number of hydrogen-bond acceptors (Lipinski definition) is 2. The second-order valence-corrected chi connectivity index (χ2v) is 3.26. The fraction of sp³-hybridized carbons (Fsp3) is 0.100. The molecule has 0 fully saturated rings. The Hall–Kier alpha value is -1.09. The fourth-order valence-corrected chi connectivity index (χ4v) is 1.62. The van der Waals surface area contributed by atoms with Gasteiger partial charge in [0.2, 0.25) is 0 Å². The van der Waals surface area contributed by atoms with E-state index in [2.05, 4.69) is 34.2 Å². The minimum absolute atomic E-state index is 0.750. The van der Waals surface area contributed by atoms with Crippen molar-refractivity contribution in [3.63, 3.8) is 0 Å². The van der Waals surface area contributed by atoms with E-state index >= 15 is 0 Å². The van der Waals surface area contributed by atoms with Crippen LogP contribution in [0.4, 0.5) is 5.69 Å². The van der Waals surface area contributed by atoms with Crippen molar-refractivity contribution in [3.8, 4) is 5.75 Å². The van der Waals surface area contributed by atoms with Crippen LogP contribution in [-0.2, 0) is 0 Å². The van der Waals surface area contributed by atoms with Crippen molar-refractivity contribution in [1.29, 1.82) is 0 Å². The molecule has 0 unspecified atom stereocenters. The molecule has 13 heavy (non-hydrogen) atoms. The smallest absolute Gasteiger partial charge is 0.122 e. The quantitative estimate of drug-likeness (QED) is 0.741. The molecule has 0 amide bonds. The van der Waals surface area contributed by atoms with E-state index in [1.165, 1.54) is 0 Å². The number of nitrogens with zero attached hydrogens (tertiary/aromatic N) is 1. The molecular formula is C10H10BrNO. The van der Waals surface area contributed by atoms with Crippen LogP contribution in [0.3, 0.4) is 0 Å². The predicted octanol–water partition coefficient (Wildman–Crippen LogP) is 3.43. The number of aliphatic imine (C=N–C) groups is 1. The average molecular weight is 240 g/mol. The van der Waals surface area contributed by atoms with Crippen molar-refractivity contribution >= 4 is 34.4 Å². The van der Waals surface area contributed by atoms with Gasteiger partial charge in [-0.3, -0.25) is 4.99 Å². The molecule has 0 aliphatic rings. The first-order chi connectivity index (χ1) is 6.22. The van der Waals surface area contributed by atoms with E-state index in [0.717, 1.165) is 21.5 Å². The molecule has 3 heteroatoms. The van der Waals surface area contributed by atoms with Gasteiger partial charge in [-0.25, -0.2) is 0 Å². The van der Waals surface area contributed by atoms with Gasteiger partial charge in [0.25, 0.3) is 0 Å². The standard InChI is InChI=1S/C10H10BrNO/c1-4-8-9(11)5-7(13-3)6-10(8)12-2/h4-6H,1-2H2,3H3. The molecular weight excluding hydrogens is 230 g/mol. The van der Waals surface area contributed by atoms with Gasteiger partial charge in [-0.1, -0.05) is 12.7 Å². The Morgan fingerprint density at radius 1 is 1.54 bits per heavy atom. The third kappa shape index (κ3) is 1.98. The third-order valence-electron chi connectivity index (χ3n) is 1.69. The molecule has 68 valence electrons. The van der Waals surface area contributed by atoms with E-state index in [1.807, 2.05) is 12.1 Å². The first-order valence-electron chi connectivity index (χ1n) is 3.69. The van der Waals surface area contributed by atoms with Gasteiger partial charge in [-0.05, 0) is 28.7 Å². The number of methoxy groups -OCH3 is 1. The molecule has 0 bridgehead atoms. The Kier molecular flexibility index (Phi) is 3.25. The highest BCUT2D eigenvalue weighted by Crippen LogP contribution is 2.32. The van der Waals surface area contributed by atoms with Crippen LogP contribution in [0.2, 0.25) is 0 Å². The summed E-state index contributed by atoms with van der Waals surface area (Å²) in [6.45, 7) is 7.18. The zero-order chi connectivity index (χ0) is 9.84. The highest BCUT2D eigenvalue weighted by molar-refractivity contribution is 9.10. The van der Waals surface area contributed by atoms with Crippen LogP contribution in [0.25, 0.3) is 6.08 Å². The maximum Gasteiger partial charge on any atom is 0.122 e. The maximum atomic E-state index is 5.08. The van der Waals surface area contributed by atoms with E-state index in [4.69, 9.17) is 4.74 Å². The number of rotatable bonds is 3. The van der Waals surface area contributed by atoms with Crippen molar-refractivity contribution in [1.82, 2.24) is 0 Å². The Labute approximate surface area is 86.1 Å². The number of halogens is 1. The third-order valence-corrected chi connectivity index (χ3v) is 2.35. The summed E-state index contributed by atoms with van der Waals surface area (Å²) < 4.78 is 5.99. The largest absolute Gasteiger partial charge is 0.497 e. The van der Waals surface area contributed by atoms with Crippen LogP contribution >= 0.6 is 15.9 Å². The second kappa shape index (κ2) is 4.23. The summed E-state index contributed by atoms with van der Waals surface area (Å²) in [5, 5.41) is 0. The Morgan fingerprint density at radius 3 is 2.69 bits per heavy atom. The Bertz CT molecular complexity index is 347. The molecule has 0 heterocycles. The van der Waals surface area contributed by atoms with Gasteiger partial charge in [0.05, 0.1) is 12.8 Å². The van der Waals surface area contributed by atoms with Crippen LogP contribution in [0.5, 0.6) is 5.75 Å². The summed E-state index contributed by atoms with van der Waals surface area (Å²) >= 11 is 3.40. The molecule has 0 spiro atoms. The number of hydrogen-bond donors (Lipinski definition) is 0. The van der Waals surface area contributed by atoms with Gasteiger partial charge < -0.3 is 4.74 Å². The van der Waals surface area contributed by atoms with Crippen LogP contribution in [-0.4, -0.2) is 13.8 Å². The summed E-state index contributed by atoms with van der Waals surface area (Å²) in [5.41, 5.74) is 1.69. The van der Waals surface area contributed by atoms with Gasteiger partial charge in [-0.15, -0.1) is 0 Å². The second-order valence-electron chi connectivity index (χ2n) is 2.40. The molecule has 0 saturated heterocycles. The molecule has 1 aromatic carbocycles. The zero-order valence-electron chi connectivity index (χ0n) is 7.38. The summed E-state index contributed by atoms with van der Waals surface area (Å²) in [4.78, 5) is 3.88. The zero-order valence-corrected chi connectivity index (χ0v) is 8.97. The van der Waals surface area contributed by atoms with Gasteiger partial charge in [0.15, 0.2) is 0 Å². The number of ether oxygens (including phenoxy) is 1. The summed E-state index contributed by atoms with van der Waals surface area (Å²) in [5.74, 6) is 0.750. The predicted molar refractivity (Wildman–Crippen MR) is 60.0 cm³/mol. The average Bonchev–Trinajstić information content (AvgIpc) is 2.16. The first kappa shape index (κ1) is 9.99. The lowest BCUT2D eigenvalue weighted by Gasteiger charge is -2.06. The minimum atomic E-state index is 0.750. The maximum absolute atomic E-state index is 5.08. The van der Waals surface area contributed by atoms with E-state index in [1.54, 1.807) is 13.2 Å². The van der Waals surface area contributed by atoms with Crippen molar-refractivity contribution in [2.45, 2.75) is 0 Å². The SMILES string of the molecule is C=Cc1c(Br)cc(OC)cc1N=C. The van der Waals surface area contributed by atoms with Crippen LogP contribution in [0.1, 0.15) is 5.56 Å². The van der Waals surface area contributed by atoms with Gasteiger partial charge in [0.1, 0.15) is 5.75 Å². The van der Waals surface area contributed by atoms with E-state index in [-0.39, 0.29) is 0 Å². The minimum Gasteiger partial charge on any atom is -0.497 e. The molecule has 1 rings (SSSR count). The molecule has 0 aliphatic heterocycles. The molecule has 0 aromatic heterocycles. The van der Waals surface area contributed by atoms with Crippen molar-refractivity contribution in [2.24, 2.45) is 4.99 Å². The molecule has 0 atom stereocenters. The Morgan fingerprint density at radius 2 is 2.23 bits per heavy atom. The monoisotopic (exact) mass is 239 g/mol. The first-order valence-corrected chi connectivity index (χ1v) is 4.49. The summed E-state index contributed by atoms with van der Waals surface area (Å²) in [7, 11) is 1.61. The van der Waals surface area contributed by atoms with Crippen LogP contribution in [0.15, 0.2) is 28.2 Å². The lowest BCUT2D eigenvalue weighted by molar-refractivity contribution is 0.414. The van der Waals surface area contributed by atoms with Crippen molar-refractivity contribution in [3.05, 3.63) is 28.7 Å². The van der Waals surface area contributed by atoms with Crippen molar-refractivity contribution in [2.75, 3.05) is 7.11 Å². The lowest BCUT2D eigenvalue weighted by atomic mass is 10.1. The molecule has 1 aromatic rings. The molecule has 2 nitrogen and oxygen atoms in total. The van der Waals surface area contributed by atoms with E-state index in [9.17, 15) is 0 Å². The van der Waals surface area contributed by atoms with Crippen LogP contribution in [0, 0.1) is 0 Å². The summed E-state index contributed by atoms with van der Waals surface area (Å²) in [6, 6.07) is 3.68. The van der Waals surface area contributed by atoms with E-state index < -0.39 is 0 Å². The highest BCUT2D eigenvalue weighted by Gasteiger charge is 2.05. The fourth-order valence-electron chi connectivity index (χ4n) is 1.03. The topological polar surface area (TPSA) is 21.6 Å². The van der Waals surface area contributed by atoms with Gasteiger partial charge >= 0.3 is 0 Å². The number of benzene rings is 1. The molecule has 0 saturated carbocycles. The summed E-state index contributed by atoms with van der Waals surface area (Å²) in [6.07, 6.45) is 1.73. The molecule has 0 radical (unpaired) electrons. The highest BCUT2D eigenvalue weighted by atomic mass is 79.9. The van der Waals surface area contributed by atoms with Crippen LogP contribution < -0.4 is 4.74 Å². The molecule has 0 aliphatic carbocycles. The van der Waals surface area contributed by atoms with Gasteiger partial charge in [-0.2, -0.15) is 0 Å². The Balaban J connectivity index is 3.36. The van der Waals surface area contributed by atoms with Gasteiger partial charge in [0, 0.05) is 16.1 Å². The lowest BCUT2D eigenvalue weighted by Crippen LogP contribution is -1.84. The normalized spacial score (nSPS) is 9.38. The molecule has 0 N–H and O–H groups in total. The van der Waals surface area contributed by atoms with Crippen molar-refractivity contribution < 1.29 is 4.74 Å². The van der Waals surface area contributed by atoms with E-state index in [0.29, 0.717) is 0 Å².